The fraction of sp³-hybridized carbons (Fsp3) is 0.917. The summed E-state index contributed by atoms with van der Waals surface area (Å²) in [5.74, 6) is 0.126. The van der Waals surface area contributed by atoms with Gasteiger partial charge in [-0.05, 0) is 46.3 Å². The van der Waals surface area contributed by atoms with E-state index in [2.05, 4.69) is 15.5 Å². The van der Waals surface area contributed by atoms with Crippen molar-refractivity contribution >= 4 is 5.91 Å². The minimum Gasteiger partial charge on any atom is -0.355 e. The smallest absolute Gasteiger partial charge is 0.234 e. The predicted molar refractivity (Wildman–Crippen MR) is 66.4 cm³/mol. The van der Waals surface area contributed by atoms with Crippen LogP contribution in [0.1, 0.15) is 32.6 Å². The van der Waals surface area contributed by atoms with Crippen LogP contribution >= 0.6 is 0 Å². The molecule has 4 nitrogen and oxygen atoms in total. The largest absolute Gasteiger partial charge is 0.355 e. The van der Waals surface area contributed by atoms with Gasteiger partial charge in [0.1, 0.15) is 0 Å². The SMILES string of the molecule is CCNC(=O)CN(C)CCC1CCCCN1. The molecule has 1 heterocycles. The van der Waals surface area contributed by atoms with Gasteiger partial charge in [-0.15, -0.1) is 0 Å². The molecule has 0 bridgehead atoms. The standard InChI is InChI=1S/C12H25N3O/c1-3-13-12(16)10-15(2)9-7-11-6-4-5-8-14-11/h11,14H,3-10H2,1-2H3,(H,13,16). The number of nitrogens with zero attached hydrogens (tertiary/aromatic N) is 1. The Hall–Kier alpha value is -0.610. The summed E-state index contributed by atoms with van der Waals surface area (Å²) >= 11 is 0. The molecule has 0 spiro atoms. The Bertz CT molecular complexity index is 202. The number of hydrogen-bond donors (Lipinski definition) is 2. The molecule has 1 fully saturated rings. The third kappa shape index (κ3) is 5.47. The molecular weight excluding hydrogens is 202 g/mol. The van der Waals surface area contributed by atoms with Crippen molar-refractivity contribution in [2.24, 2.45) is 0 Å². The highest BCUT2D eigenvalue weighted by atomic mass is 16.1. The highest BCUT2D eigenvalue weighted by Gasteiger charge is 2.13. The van der Waals surface area contributed by atoms with Gasteiger partial charge in [-0.2, -0.15) is 0 Å². The van der Waals surface area contributed by atoms with Crippen LogP contribution in [-0.2, 0) is 4.79 Å². The van der Waals surface area contributed by atoms with Crippen LogP contribution < -0.4 is 10.6 Å². The zero-order valence-corrected chi connectivity index (χ0v) is 10.6. The molecule has 1 unspecified atom stereocenters. The van der Waals surface area contributed by atoms with Crippen LogP contribution in [0.4, 0.5) is 0 Å². The van der Waals surface area contributed by atoms with Crippen molar-refractivity contribution in [2.45, 2.75) is 38.6 Å². The summed E-state index contributed by atoms with van der Waals surface area (Å²) in [6, 6.07) is 0.658. The van der Waals surface area contributed by atoms with Gasteiger partial charge in [0, 0.05) is 12.6 Å². The van der Waals surface area contributed by atoms with Gasteiger partial charge < -0.3 is 10.6 Å². The van der Waals surface area contributed by atoms with Crippen LogP contribution in [0.5, 0.6) is 0 Å². The summed E-state index contributed by atoms with van der Waals surface area (Å²) in [7, 11) is 2.01. The van der Waals surface area contributed by atoms with Crippen LogP contribution in [0, 0.1) is 0 Å². The monoisotopic (exact) mass is 227 g/mol. The van der Waals surface area contributed by atoms with E-state index >= 15 is 0 Å². The van der Waals surface area contributed by atoms with Gasteiger partial charge in [-0.25, -0.2) is 0 Å². The van der Waals surface area contributed by atoms with Crippen molar-refractivity contribution in [1.29, 1.82) is 0 Å². The van der Waals surface area contributed by atoms with Crippen molar-refractivity contribution in [3.05, 3.63) is 0 Å². The van der Waals surface area contributed by atoms with E-state index in [1.54, 1.807) is 0 Å². The first-order valence-electron chi connectivity index (χ1n) is 6.41. The zero-order chi connectivity index (χ0) is 11.8. The van der Waals surface area contributed by atoms with Gasteiger partial charge in [0.25, 0.3) is 0 Å². The first-order chi connectivity index (χ1) is 7.72. The van der Waals surface area contributed by atoms with E-state index in [0.717, 1.165) is 26.1 Å². The fourth-order valence-corrected chi connectivity index (χ4v) is 2.12. The highest BCUT2D eigenvalue weighted by Crippen LogP contribution is 2.10. The van der Waals surface area contributed by atoms with Crippen LogP contribution in [-0.4, -0.2) is 50.1 Å². The Morgan fingerprint density at radius 1 is 1.50 bits per heavy atom. The second-order valence-electron chi connectivity index (χ2n) is 4.63. The quantitative estimate of drug-likeness (QED) is 0.698. The maximum absolute atomic E-state index is 11.3. The third-order valence-corrected chi connectivity index (χ3v) is 3.06. The van der Waals surface area contributed by atoms with Crippen molar-refractivity contribution in [2.75, 3.05) is 33.2 Å². The van der Waals surface area contributed by atoms with Crippen molar-refractivity contribution in [1.82, 2.24) is 15.5 Å². The maximum Gasteiger partial charge on any atom is 0.234 e. The van der Waals surface area contributed by atoms with Gasteiger partial charge >= 0.3 is 0 Å². The summed E-state index contributed by atoms with van der Waals surface area (Å²) < 4.78 is 0. The molecule has 1 saturated heterocycles. The topological polar surface area (TPSA) is 44.4 Å². The summed E-state index contributed by atoms with van der Waals surface area (Å²) in [6.07, 6.45) is 5.09. The molecule has 0 aromatic rings. The number of nitrogens with one attached hydrogen (secondary N) is 2. The summed E-state index contributed by atoms with van der Waals surface area (Å²) in [5, 5.41) is 6.34. The lowest BCUT2D eigenvalue weighted by molar-refractivity contribution is -0.121. The summed E-state index contributed by atoms with van der Waals surface area (Å²) in [5.41, 5.74) is 0. The number of hydrogen-bond acceptors (Lipinski definition) is 3. The molecular formula is C12H25N3O. The first kappa shape index (κ1) is 13.5. The van der Waals surface area contributed by atoms with Gasteiger partial charge in [-0.1, -0.05) is 6.42 Å². The molecule has 1 amide bonds. The fourth-order valence-electron chi connectivity index (χ4n) is 2.12. The molecule has 0 aromatic heterocycles. The molecule has 0 aromatic carbocycles. The van der Waals surface area contributed by atoms with Crippen molar-refractivity contribution in [3.63, 3.8) is 0 Å². The molecule has 0 aliphatic carbocycles. The van der Waals surface area contributed by atoms with E-state index in [1.165, 1.54) is 19.3 Å². The van der Waals surface area contributed by atoms with E-state index in [-0.39, 0.29) is 5.91 Å². The Kier molecular flexibility index (Phi) is 6.42. The zero-order valence-electron chi connectivity index (χ0n) is 10.6. The van der Waals surface area contributed by atoms with Crippen LogP contribution in [0.25, 0.3) is 0 Å². The molecule has 94 valence electrons. The maximum atomic E-state index is 11.3. The molecule has 4 heteroatoms. The molecule has 2 N–H and O–H groups in total. The van der Waals surface area contributed by atoms with Crippen molar-refractivity contribution < 1.29 is 4.79 Å². The third-order valence-electron chi connectivity index (χ3n) is 3.06. The molecule has 1 rings (SSSR count). The van der Waals surface area contributed by atoms with E-state index < -0.39 is 0 Å². The van der Waals surface area contributed by atoms with E-state index in [4.69, 9.17) is 0 Å². The summed E-state index contributed by atoms with van der Waals surface area (Å²) in [6.45, 7) is 5.33. The Morgan fingerprint density at radius 2 is 2.31 bits per heavy atom. The Balaban J connectivity index is 2.08. The number of amides is 1. The van der Waals surface area contributed by atoms with E-state index in [1.807, 2.05) is 14.0 Å². The van der Waals surface area contributed by atoms with Gasteiger partial charge in [0.05, 0.1) is 6.54 Å². The van der Waals surface area contributed by atoms with Gasteiger partial charge in [0.15, 0.2) is 0 Å². The van der Waals surface area contributed by atoms with E-state index in [9.17, 15) is 4.79 Å². The number of piperidine rings is 1. The average molecular weight is 227 g/mol. The van der Waals surface area contributed by atoms with Gasteiger partial charge in [-0.3, -0.25) is 9.69 Å². The molecule has 1 aliphatic rings. The lowest BCUT2D eigenvalue weighted by atomic mass is 10.0. The van der Waals surface area contributed by atoms with Gasteiger partial charge in [0.2, 0.25) is 5.91 Å². The second-order valence-corrected chi connectivity index (χ2v) is 4.63. The first-order valence-corrected chi connectivity index (χ1v) is 6.41. The van der Waals surface area contributed by atoms with Crippen molar-refractivity contribution in [3.8, 4) is 0 Å². The molecule has 1 atom stereocenters. The predicted octanol–water partition coefficient (Wildman–Crippen LogP) is 0.587. The lowest BCUT2D eigenvalue weighted by Crippen LogP contribution is -2.39. The van der Waals surface area contributed by atoms with E-state index in [0.29, 0.717) is 12.6 Å². The highest BCUT2D eigenvalue weighted by molar-refractivity contribution is 5.77. The lowest BCUT2D eigenvalue weighted by Gasteiger charge is -2.25. The summed E-state index contributed by atoms with van der Waals surface area (Å²) in [4.78, 5) is 13.4. The molecule has 0 saturated carbocycles. The van der Waals surface area contributed by atoms with Crippen LogP contribution in [0.3, 0.4) is 0 Å². The number of rotatable bonds is 6. The Morgan fingerprint density at radius 3 is 2.94 bits per heavy atom. The minimum atomic E-state index is 0.126. The van der Waals surface area contributed by atoms with Crippen LogP contribution in [0.15, 0.2) is 0 Å². The molecule has 1 aliphatic heterocycles. The number of likely N-dealkylation sites (N-methyl/N-ethyl adjacent to an activating group) is 2. The number of carbonyl (C=O) groups excluding carboxylic acids is 1. The minimum absolute atomic E-state index is 0.126. The Labute approximate surface area is 98.8 Å². The normalized spacial score (nSPS) is 21.1. The van der Waals surface area contributed by atoms with Crippen LogP contribution in [0.2, 0.25) is 0 Å². The second kappa shape index (κ2) is 7.63. The molecule has 0 radical (unpaired) electrons. The molecule has 16 heavy (non-hydrogen) atoms. The number of carbonyl (C=O) groups is 1. The average Bonchev–Trinajstić information content (AvgIpc) is 2.28.